The van der Waals surface area contributed by atoms with Crippen LogP contribution in [0.1, 0.15) is 13.3 Å². The van der Waals surface area contributed by atoms with Gasteiger partial charge in [0, 0.05) is 6.54 Å². The maximum absolute atomic E-state index is 11.7. The molecule has 3 atom stereocenters. The molecule has 0 aliphatic carbocycles. The summed E-state index contributed by atoms with van der Waals surface area (Å²) >= 11 is 0. The van der Waals surface area contributed by atoms with Gasteiger partial charge in [0.05, 0.1) is 12.5 Å². The largest absolute Gasteiger partial charge is 0.481 e. The molecule has 10 nitrogen and oxygen atoms in total. The van der Waals surface area contributed by atoms with E-state index in [4.69, 9.17) is 21.7 Å². The zero-order valence-electron chi connectivity index (χ0n) is 10.8. The monoisotopic (exact) mass is 290 g/mol. The lowest BCUT2D eigenvalue weighted by molar-refractivity contribution is -0.147. The summed E-state index contributed by atoms with van der Waals surface area (Å²) in [6, 6.07) is -3.67. The predicted octanol–water partition coefficient (Wildman–Crippen LogP) is -3.18. The number of carbonyl (C=O) groups excluding carboxylic acids is 2. The van der Waals surface area contributed by atoms with E-state index in [9.17, 15) is 19.2 Å². The molecule has 2 amide bonds. The first-order chi connectivity index (χ1) is 9.18. The van der Waals surface area contributed by atoms with Crippen molar-refractivity contribution in [2.24, 2.45) is 11.5 Å². The molecule has 0 radical (unpaired) electrons. The molecule has 0 saturated carbocycles. The second-order valence-corrected chi connectivity index (χ2v) is 4.08. The third-order valence-corrected chi connectivity index (χ3v) is 2.28. The summed E-state index contributed by atoms with van der Waals surface area (Å²) in [7, 11) is 0. The van der Waals surface area contributed by atoms with Crippen molar-refractivity contribution in [3.05, 3.63) is 0 Å². The van der Waals surface area contributed by atoms with Crippen LogP contribution in [0.2, 0.25) is 0 Å². The average Bonchev–Trinajstić information content (AvgIpc) is 2.33. The summed E-state index contributed by atoms with van der Waals surface area (Å²) < 4.78 is 0. The van der Waals surface area contributed by atoms with Gasteiger partial charge in [-0.15, -0.1) is 0 Å². The number of carboxylic acid groups (broad SMARTS) is 2. The van der Waals surface area contributed by atoms with E-state index in [2.05, 4.69) is 5.32 Å². The van der Waals surface area contributed by atoms with Crippen LogP contribution in [0.4, 0.5) is 0 Å². The summed E-state index contributed by atoms with van der Waals surface area (Å²) in [6.07, 6.45) is -0.792. The molecular formula is C10H18N4O6. The topological polar surface area (TPSA) is 185 Å². The minimum Gasteiger partial charge on any atom is -0.481 e. The first kappa shape index (κ1) is 17.8. The molecule has 0 aromatic rings. The molecule has 0 aromatic heterocycles. The van der Waals surface area contributed by atoms with E-state index in [1.165, 1.54) is 6.92 Å². The van der Waals surface area contributed by atoms with Gasteiger partial charge in [-0.2, -0.15) is 0 Å². The van der Waals surface area contributed by atoms with Crippen LogP contribution in [-0.4, -0.2) is 58.6 Å². The van der Waals surface area contributed by atoms with Crippen molar-refractivity contribution < 1.29 is 29.4 Å². The number of rotatable bonds is 8. The number of amides is 2. The molecule has 0 fully saturated rings. The van der Waals surface area contributed by atoms with Crippen molar-refractivity contribution in [3.8, 4) is 0 Å². The highest BCUT2D eigenvalue weighted by atomic mass is 16.4. The van der Waals surface area contributed by atoms with Gasteiger partial charge >= 0.3 is 11.9 Å². The summed E-state index contributed by atoms with van der Waals surface area (Å²) in [5.41, 5.74) is 10.6. The predicted molar refractivity (Wildman–Crippen MR) is 66.5 cm³/mol. The molecule has 0 rings (SSSR count). The van der Waals surface area contributed by atoms with Crippen molar-refractivity contribution in [2.45, 2.75) is 31.5 Å². The zero-order chi connectivity index (χ0) is 15.9. The first-order valence-electron chi connectivity index (χ1n) is 5.70. The van der Waals surface area contributed by atoms with E-state index in [0.717, 1.165) is 0 Å². The van der Waals surface area contributed by atoms with Crippen LogP contribution in [0.5, 0.6) is 0 Å². The summed E-state index contributed by atoms with van der Waals surface area (Å²) in [5.74, 6) is -4.42. The molecule has 0 heterocycles. The standard InChI is InChI=1S/C10H18N4O6/c1-4(12)8(17)14-6(3-11)9(18)13-5(10(19)20)2-7(15)16/h4-6H,2-3,11-12H2,1H3,(H,13,18)(H,14,17)(H,15,16)(H,19,20)/t4-,5-,6-/m0/s1. The lowest BCUT2D eigenvalue weighted by Crippen LogP contribution is -2.56. The smallest absolute Gasteiger partial charge is 0.326 e. The highest BCUT2D eigenvalue weighted by Crippen LogP contribution is 1.95. The van der Waals surface area contributed by atoms with Crippen molar-refractivity contribution in [2.75, 3.05) is 6.54 Å². The van der Waals surface area contributed by atoms with Gasteiger partial charge in [0.25, 0.3) is 0 Å². The Kier molecular flexibility index (Phi) is 7.18. The number of carboxylic acids is 2. The Hall–Kier alpha value is -2.20. The Morgan fingerprint density at radius 1 is 1.05 bits per heavy atom. The van der Waals surface area contributed by atoms with Crippen LogP contribution in [-0.2, 0) is 19.2 Å². The summed E-state index contributed by atoms with van der Waals surface area (Å²) in [4.78, 5) is 44.3. The Morgan fingerprint density at radius 2 is 1.55 bits per heavy atom. The quantitative estimate of drug-likeness (QED) is 0.270. The fraction of sp³-hybridized carbons (Fsp3) is 0.600. The molecule has 0 saturated heterocycles. The van der Waals surface area contributed by atoms with E-state index in [1.54, 1.807) is 0 Å². The van der Waals surface area contributed by atoms with E-state index in [0.29, 0.717) is 0 Å². The highest BCUT2D eigenvalue weighted by molar-refractivity contribution is 5.92. The lowest BCUT2D eigenvalue weighted by Gasteiger charge is -2.20. The third-order valence-electron chi connectivity index (χ3n) is 2.28. The lowest BCUT2D eigenvalue weighted by atomic mass is 10.1. The summed E-state index contributed by atoms with van der Waals surface area (Å²) in [5, 5.41) is 21.5. The van der Waals surface area contributed by atoms with Crippen LogP contribution >= 0.6 is 0 Å². The minimum absolute atomic E-state index is 0.288. The number of carbonyl (C=O) groups is 4. The number of aliphatic carboxylic acids is 2. The van der Waals surface area contributed by atoms with Gasteiger partial charge in [0.15, 0.2) is 0 Å². The maximum Gasteiger partial charge on any atom is 0.326 e. The van der Waals surface area contributed by atoms with Gasteiger partial charge in [-0.25, -0.2) is 4.79 Å². The van der Waals surface area contributed by atoms with E-state index >= 15 is 0 Å². The van der Waals surface area contributed by atoms with Gasteiger partial charge in [-0.05, 0) is 6.92 Å². The van der Waals surface area contributed by atoms with Gasteiger partial charge < -0.3 is 32.3 Å². The molecule has 0 aliphatic rings. The molecule has 0 aliphatic heterocycles. The molecule has 114 valence electrons. The molecule has 8 N–H and O–H groups in total. The van der Waals surface area contributed by atoms with Gasteiger partial charge in [0.1, 0.15) is 12.1 Å². The SMILES string of the molecule is C[C@H](N)C(=O)N[C@@H](CN)C(=O)N[C@@H](CC(=O)O)C(=O)O. The number of nitrogens with one attached hydrogen (secondary N) is 2. The van der Waals surface area contributed by atoms with Gasteiger partial charge in [-0.3, -0.25) is 14.4 Å². The number of nitrogens with two attached hydrogens (primary N) is 2. The Balaban J connectivity index is 4.70. The Labute approximate surface area is 114 Å². The molecular weight excluding hydrogens is 272 g/mol. The second-order valence-electron chi connectivity index (χ2n) is 4.08. The zero-order valence-corrected chi connectivity index (χ0v) is 10.8. The molecule has 0 aromatic carbocycles. The van der Waals surface area contributed by atoms with Crippen molar-refractivity contribution >= 4 is 23.8 Å². The third kappa shape index (κ3) is 6.11. The van der Waals surface area contributed by atoms with Crippen LogP contribution in [0.25, 0.3) is 0 Å². The van der Waals surface area contributed by atoms with Crippen LogP contribution in [0, 0.1) is 0 Å². The summed E-state index contributed by atoms with van der Waals surface area (Å²) in [6.45, 7) is 1.11. The minimum atomic E-state index is -1.61. The normalized spacial score (nSPS) is 14.8. The van der Waals surface area contributed by atoms with Crippen LogP contribution in [0.15, 0.2) is 0 Å². The fourth-order valence-electron chi connectivity index (χ4n) is 1.18. The Morgan fingerprint density at radius 3 is 1.90 bits per heavy atom. The Bertz CT molecular complexity index is 397. The van der Waals surface area contributed by atoms with Crippen molar-refractivity contribution in [1.82, 2.24) is 10.6 Å². The number of hydrogen-bond donors (Lipinski definition) is 6. The van der Waals surface area contributed by atoms with Gasteiger partial charge in [0.2, 0.25) is 11.8 Å². The molecule has 0 spiro atoms. The van der Waals surface area contributed by atoms with Crippen molar-refractivity contribution in [3.63, 3.8) is 0 Å². The highest BCUT2D eigenvalue weighted by Gasteiger charge is 2.27. The van der Waals surface area contributed by atoms with Crippen LogP contribution in [0.3, 0.4) is 0 Å². The molecule has 0 unspecified atom stereocenters. The maximum atomic E-state index is 11.7. The molecule has 10 heteroatoms. The van der Waals surface area contributed by atoms with E-state index in [1.807, 2.05) is 5.32 Å². The second kappa shape index (κ2) is 8.07. The fourth-order valence-corrected chi connectivity index (χ4v) is 1.18. The number of hydrogen-bond acceptors (Lipinski definition) is 6. The van der Waals surface area contributed by atoms with E-state index < -0.39 is 48.3 Å². The van der Waals surface area contributed by atoms with Crippen molar-refractivity contribution in [1.29, 1.82) is 0 Å². The molecule has 20 heavy (non-hydrogen) atoms. The van der Waals surface area contributed by atoms with Gasteiger partial charge in [-0.1, -0.05) is 0 Å². The molecule has 0 bridgehead atoms. The first-order valence-corrected chi connectivity index (χ1v) is 5.70. The van der Waals surface area contributed by atoms with Crippen LogP contribution < -0.4 is 22.1 Å². The average molecular weight is 290 g/mol. The van der Waals surface area contributed by atoms with E-state index in [-0.39, 0.29) is 6.54 Å².